The van der Waals surface area contributed by atoms with Gasteiger partial charge in [-0.2, -0.15) is 0 Å². The molecule has 1 saturated heterocycles. The first-order chi connectivity index (χ1) is 10.7. The summed E-state index contributed by atoms with van der Waals surface area (Å²) in [4.78, 5) is 23.6. The van der Waals surface area contributed by atoms with Crippen LogP contribution in [0, 0.1) is 5.92 Å². The predicted molar refractivity (Wildman–Crippen MR) is 82.0 cm³/mol. The SMILES string of the molecule is C[C@@H]1CCCN1C(=O)c1cnc(C2CC2)c(OCC2CC2)n1. The molecule has 1 aromatic heterocycles. The van der Waals surface area contributed by atoms with Gasteiger partial charge in [-0.25, -0.2) is 4.98 Å². The van der Waals surface area contributed by atoms with Crippen molar-refractivity contribution in [3.05, 3.63) is 17.6 Å². The van der Waals surface area contributed by atoms with E-state index in [1.807, 2.05) is 4.90 Å². The Kier molecular flexibility index (Phi) is 3.51. The quantitative estimate of drug-likeness (QED) is 0.839. The van der Waals surface area contributed by atoms with Crippen molar-refractivity contribution in [2.75, 3.05) is 13.2 Å². The fraction of sp³-hybridized carbons (Fsp3) is 0.706. The van der Waals surface area contributed by atoms with E-state index in [9.17, 15) is 4.79 Å². The topological polar surface area (TPSA) is 55.3 Å². The summed E-state index contributed by atoms with van der Waals surface area (Å²) in [6.07, 6.45) is 8.60. The second-order valence-corrected chi connectivity index (χ2v) is 6.96. The smallest absolute Gasteiger partial charge is 0.274 e. The first-order valence-corrected chi connectivity index (χ1v) is 8.53. The number of carbonyl (C=O) groups excluding carboxylic acids is 1. The molecular formula is C17H23N3O2. The van der Waals surface area contributed by atoms with E-state index in [0.717, 1.165) is 37.9 Å². The maximum absolute atomic E-state index is 12.6. The normalized spacial score (nSPS) is 24.6. The van der Waals surface area contributed by atoms with Crippen LogP contribution in [0.4, 0.5) is 0 Å². The molecule has 0 bridgehead atoms. The van der Waals surface area contributed by atoms with Crippen molar-refractivity contribution in [3.8, 4) is 5.88 Å². The highest BCUT2D eigenvalue weighted by Crippen LogP contribution is 2.43. The molecule has 1 aromatic rings. The number of likely N-dealkylation sites (tertiary alicyclic amines) is 1. The molecule has 118 valence electrons. The van der Waals surface area contributed by atoms with Crippen LogP contribution in [0.25, 0.3) is 0 Å². The van der Waals surface area contributed by atoms with Gasteiger partial charge in [0.2, 0.25) is 5.88 Å². The first kappa shape index (κ1) is 14.0. The van der Waals surface area contributed by atoms with Crippen molar-refractivity contribution in [2.45, 2.75) is 57.4 Å². The van der Waals surface area contributed by atoms with Crippen molar-refractivity contribution in [2.24, 2.45) is 5.92 Å². The van der Waals surface area contributed by atoms with Gasteiger partial charge in [-0.1, -0.05) is 0 Å². The van der Waals surface area contributed by atoms with E-state index in [1.165, 1.54) is 12.8 Å². The Labute approximate surface area is 131 Å². The van der Waals surface area contributed by atoms with Gasteiger partial charge in [-0.05, 0) is 51.4 Å². The third-order valence-electron chi connectivity index (χ3n) is 4.92. The number of carbonyl (C=O) groups is 1. The zero-order chi connectivity index (χ0) is 15.1. The third kappa shape index (κ3) is 2.81. The van der Waals surface area contributed by atoms with Crippen LogP contribution in [0.3, 0.4) is 0 Å². The van der Waals surface area contributed by atoms with Crippen molar-refractivity contribution >= 4 is 5.91 Å². The lowest BCUT2D eigenvalue weighted by molar-refractivity contribution is 0.0739. The highest BCUT2D eigenvalue weighted by Gasteiger charge is 2.33. The molecule has 0 spiro atoms. The van der Waals surface area contributed by atoms with E-state index in [-0.39, 0.29) is 5.91 Å². The van der Waals surface area contributed by atoms with E-state index in [2.05, 4.69) is 16.9 Å². The Hall–Kier alpha value is -1.65. The van der Waals surface area contributed by atoms with Crippen LogP contribution in [-0.4, -0.2) is 40.0 Å². The molecule has 0 radical (unpaired) electrons. The minimum Gasteiger partial charge on any atom is -0.476 e. The summed E-state index contributed by atoms with van der Waals surface area (Å²) in [5, 5.41) is 0. The Morgan fingerprint density at radius 3 is 2.77 bits per heavy atom. The van der Waals surface area contributed by atoms with E-state index in [4.69, 9.17) is 4.74 Å². The average molecular weight is 301 g/mol. The number of aromatic nitrogens is 2. The van der Waals surface area contributed by atoms with Gasteiger partial charge < -0.3 is 9.64 Å². The molecule has 1 amide bonds. The molecule has 1 aliphatic heterocycles. The zero-order valence-corrected chi connectivity index (χ0v) is 13.1. The van der Waals surface area contributed by atoms with Crippen molar-refractivity contribution < 1.29 is 9.53 Å². The summed E-state index contributed by atoms with van der Waals surface area (Å²) in [5.41, 5.74) is 1.38. The molecule has 3 fully saturated rings. The lowest BCUT2D eigenvalue weighted by Crippen LogP contribution is -2.34. The zero-order valence-electron chi connectivity index (χ0n) is 13.1. The summed E-state index contributed by atoms with van der Waals surface area (Å²) in [6, 6.07) is 0.299. The molecule has 1 atom stereocenters. The van der Waals surface area contributed by atoms with Crippen LogP contribution in [0.5, 0.6) is 5.88 Å². The monoisotopic (exact) mass is 301 g/mol. The van der Waals surface area contributed by atoms with Gasteiger partial charge in [0.05, 0.1) is 12.8 Å². The van der Waals surface area contributed by atoms with Gasteiger partial charge in [-0.3, -0.25) is 9.78 Å². The molecule has 2 aliphatic carbocycles. The van der Waals surface area contributed by atoms with Crippen LogP contribution in [0.2, 0.25) is 0 Å². The molecule has 0 N–H and O–H groups in total. The van der Waals surface area contributed by atoms with E-state index in [0.29, 0.717) is 36.1 Å². The number of nitrogens with zero attached hydrogens (tertiary/aromatic N) is 3. The summed E-state index contributed by atoms with van der Waals surface area (Å²) in [6.45, 7) is 3.64. The van der Waals surface area contributed by atoms with Gasteiger partial charge in [0.15, 0.2) is 5.69 Å². The molecule has 2 heterocycles. The Bertz CT molecular complexity index is 581. The van der Waals surface area contributed by atoms with Gasteiger partial charge >= 0.3 is 0 Å². The maximum Gasteiger partial charge on any atom is 0.274 e. The van der Waals surface area contributed by atoms with Gasteiger partial charge in [0.25, 0.3) is 5.91 Å². The molecule has 22 heavy (non-hydrogen) atoms. The second-order valence-electron chi connectivity index (χ2n) is 6.96. The highest BCUT2D eigenvalue weighted by molar-refractivity contribution is 5.92. The van der Waals surface area contributed by atoms with Crippen LogP contribution in [0.1, 0.15) is 67.5 Å². The number of ether oxygens (including phenoxy) is 1. The van der Waals surface area contributed by atoms with E-state index < -0.39 is 0 Å². The number of hydrogen-bond acceptors (Lipinski definition) is 4. The number of hydrogen-bond donors (Lipinski definition) is 0. The summed E-state index contributed by atoms with van der Waals surface area (Å²) < 4.78 is 5.90. The van der Waals surface area contributed by atoms with Crippen LogP contribution in [-0.2, 0) is 0 Å². The Morgan fingerprint density at radius 2 is 2.14 bits per heavy atom. The standard InChI is InChI=1S/C17H23N3O2/c1-11-3-2-8-20(11)17(21)14-9-18-15(13-6-7-13)16(19-14)22-10-12-4-5-12/h9,11-13H,2-8,10H2,1H3/t11-/m1/s1. The molecule has 5 nitrogen and oxygen atoms in total. The van der Waals surface area contributed by atoms with Gasteiger partial charge in [0.1, 0.15) is 5.69 Å². The first-order valence-electron chi connectivity index (χ1n) is 8.53. The van der Waals surface area contributed by atoms with Gasteiger partial charge in [-0.15, -0.1) is 0 Å². The Morgan fingerprint density at radius 1 is 1.32 bits per heavy atom. The summed E-state index contributed by atoms with van der Waals surface area (Å²) in [7, 11) is 0. The number of amides is 1. The van der Waals surface area contributed by atoms with Crippen LogP contribution < -0.4 is 4.74 Å². The molecule has 0 aromatic carbocycles. The van der Waals surface area contributed by atoms with Crippen molar-refractivity contribution in [1.29, 1.82) is 0 Å². The van der Waals surface area contributed by atoms with Gasteiger partial charge in [0, 0.05) is 18.5 Å². The lowest BCUT2D eigenvalue weighted by atomic mass is 10.2. The molecule has 5 heteroatoms. The van der Waals surface area contributed by atoms with Crippen LogP contribution in [0.15, 0.2) is 6.20 Å². The van der Waals surface area contributed by atoms with E-state index >= 15 is 0 Å². The predicted octanol–water partition coefficient (Wildman–Crippen LogP) is 2.77. The minimum atomic E-state index is -0.00359. The van der Waals surface area contributed by atoms with E-state index in [1.54, 1.807) is 6.20 Å². The third-order valence-corrected chi connectivity index (χ3v) is 4.92. The summed E-state index contributed by atoms with van der Waals surface area (Å²) in [5.74, 6) is 1.76. The molecular weight excluding hydrogens is 278 g/mol. The highest BCUT2D eigenvalue weighted by atomic mass is 16.5. The second kappa shape index (κ2) is 5.52. The molecule has 2 saturated carbocycles. The minimum absolute atomic E-state index is 0.00359. The molecule has 0 unspecified atom stereocenters. The number of rotatable bonds is 5. The fourth-order valence-electron chi connectivity index (χ4n) is 3.09. The largest absolute Gasteiger partial charge is 0.476 e. The van der Waals surface area contributed by atoms with Crippen molar-refractivity contribution in [3.63, 3.8) is 0 Å². The summed E-state index contributed by atoms with van der Waals surface area (Å²) >= 11 is 0. The van der Waals surface area contributed by atoms with Crippen LogP contribution >= 0.6 is 0 Å². The molecule has 3 aliphatic rings. The molecule has 4 rings (SSSR count). The average Bonchev–Trinajstić information content (AvgIpc) is 3.44. The Balaban J connectivity index is 1.56. The maximum atomic E-state index is 12.6. The lowest BCUT2D eigenvalue weighted by Gasteiger charge is -2.21. The fourth-order valence-corrected chi connectivity index (χ4v) is 3.09. The van der Waals surface area contributed by atoms with Crippen molar-refractivity contribution in [1.82, 2.24) is 14.9 Å².